The molecule has 2 nitrogen and oxygen atoms in total. The molecule has 0 spiro atoms. The fourth-order valence-corrected chi connectivity index (χ4v) is 3.56. The fraction of sp³-hybridized carbons (Fsp3) is 1.00. The summed E-state index contributed by atoms with van der Waals surface area (Å²) in [4.78, 5) is 2.66. The van der Waals surface area contributed by atoms with Crippen LogP contribution in [-0.4, -0.2) is 48.6 Å². The van der Waals surface area contributed by atoms with Crippen LogP contribution in [-0.2, 0) is 0 Å². The van der Waals surface area contributed by atoms with Gasteiger partial charge in [-0.2, -0.15) is 11.8 Å². The van der Waals surface area contributed by atoms with Crippen molar-refractivity contribution >= 4 is 11.8 Å². The van der Waals surface area contributed by atoms with Crippen LogP contribution >= 0.6 is 11.8 Å². The van der Waals surface area contributed by atoms with E-state index in [1.54, 1.807) is 0 Å². The zero-order chi connectivity index (χ0) is 12.7. The molecule has 0 aromatic carbocycles. The first-order chi connectivity index (χ1) is 8.06. The topological polar surface area (TPSA) is 15.3 Å². The van der Waals surface area contributed by atoms with Gasteiger partial charge in [-0.05, 0) is 11.8 Å². The molecule has 0 amide bonds. The van der Waals surface area contributed by atoms with Crippen molar-refractivity contribution in [3.63, 3.8) is 0 Å². The molecule has 3 heteroatoms. The molecule has 0 saturated carbocycles. The van der Waals surface area contributed by atoms with Crippen LogP contribution in [0.4, 0.5) is 0 Å². The van der Waals surface area contributed by atoms with Crippen LogP contribution in [0.25, 0.3) is 0 Å². The minimum absolute atomic E-state index is 0.445. The molecule has 1 atom stereocenters. The number of hydrogen-bond acceptors (Lipinski definition) is 3. The lowest BCUT2D eigenvalue weighted by Gasteiger charge is -2.38. The maximum atomic E-state index is 3.63. The van der Waals surface area contributed by atoms with Gasteiger partial charge in [0.25, 0.3) is 0 Å². The van der Waals surface area contributed by atoms with Gasteiger partial charge in [0.05, 0.1) is 0 Å². The Morgan fingerprint density at radius 3 is 2.47 bits per heavy atom. The average Bonchev–Trinajstić information content (AvgIpc) is 2.28. The molecule has 0 aliphatic carbocycles. The van der Waals surface area contributed by atoms with Gasteiger partial charge in [0.1, 0.15) is 0 Å². The molecule has 1 N–H and O–H groups in total. The summed E-state index contributed by atoms with van der Waals surface area (Å²) in [6.07, 6.45) is 2.62. The summed E-state index contributed by atoms with van der Waals surface area (Å²) in [5.74, 6) is 2.64. The van der Waals surface area contributed by atoms with Crippen LogP contribution in [0.5, 0.6) is 0 Å². The molecular weight excluding hydrogens is 228 g/mol. The van der Waals surface area contributed by atoms with Crippen molar-refractivity contribution in [1.82, 2.24) is 10.2 Å². The van der Waals surface area contributed by atoms with Crippen LogP contribution in [0.2, 0.25) is 0 Å². The smallest absolute Gasteiger partial charge is 0.00729 e. The third-order valence-corrected chi connectivity index (χ3v) is 4.44. The Bertz CT molecular complexity index is 202. The molecular formula is C14H30N2S. The average molecular weight is 258 g/mol. The summed E-state index contributed by atoms with van der Waals surface area (Å²) < 4.78 is 0. The van der Waals surface area contributed by atoms with Gasteiger partial charge in [-0.25, -0.2) is 0 Å². The van der Waals surface area contributed by atoms with Crippen molar-refractivity contribution in [2.24, 2.45) is 5.41 Å². The van der Waals surface area contributed by atoms with E-state index in [2.05, 4.69) is 49.7 Å². The number of nitrogens with one attached hydrogen (secondary N) is 1. The monoisotopic (exact) mass is 258 g/mol. The van der Waals surface area contributed by atoms with Gasteiger partial charge in [-0.1, -0.05) is 34.1 Å². The van der Waals surface area contributed by atoms with E-state index < -0.39 is 0 Å². The Kier molecular flexibility index (Phi) is 6.90. The van der Waals surface area contributed by atoms with Gasteiger partial charge in [-0.15, -0.1) is 0 Å². The van der Waals surface area contributed by atoms with Crippen LogP contribution in [0.3, 0.4) is 0 Å². The SMILES string of the molecule is CCCC(C)(CNC(C)C)CN1CCSCC1. The van der Waals surface area contributed by atoms with Crippen molar-refractivity contribution in [3.8, 4) is 0 Å². The highest BCUT2D eigenvalue weighted by Gasteiger charge is 2.27. The van der Waals surface area contributed by atoms with Crippen molar-refractivity contribution in [2.75, 3.05) is 37.7 Å². The van der Waals surface area contributed by atoms with Crippen LogP contribution in [0.15, 0.2) is 0 Å². The molecule has 1 saturated heterocycles. The molecule has 1 aliphatic heterocycles. The van der Waals surface area contributed by atoms with Gasteiger partial charge in [-0.3, -0.25) is 0 Å². The Labute approximate surface area is 112 Å². The molecule has 1 unspecified atom stereocenters. The summed E-state index contributed by atoms with van der Waals surface area (Å²) in [6, 6.07) is 0.600. The summed E-state index contributed by atoms with van der Waals surface area (Å²) in [5, 5.41) is 3.63. The van der Waals surface area contributed by atoms with Crippen molar-refractivity contribution in [3.05, 3.63) is 0 Å². The van der Waals surface area contributed by atoms with E-state index in [1.807, 2.05) is 0 Å². The van der Waals surface area contributed by atoms with E-state index in [0.29, 0.717) is 11.5 Å². The number of thioether (sulfide) groups is 1. The number of rotatable bonds is 7. The minimum Gasteiger partial charge on any atom is -0.314 e. The summed E-state index contributed by atoms with van der Waals surface area (Å²) in [7, 11) is 0. The van der Waals surface area contributed by atoms with Gasteiger partial charge in [0, 0.05) is 43.7 Å². The molecule has 17 heavy (non-hydrogen) atoms. The fourth-order valence-electron chi connectivity index (χ4n) is 2.58. The number of nitrogens with zero attached hydrogens (tertiary/aromatic N) is 1. The summed E-state index contributed by atoms with van der Waals surface area (Å²) in [5.41, 5.74) is 0.445. The first-order valence-corrected chi connectivity index (χ1v) is 8.25. The second-order valence-electron chi connectivity index (χ2n) is 5.98. The Hall–Kier alpha value is 0.270. The second-order valence-corrected chi connectivity index (χ2v) is 7.21. The van der Waals surface area contributed by atoms with Gasteiger partial charge in [0.2, 0.25) is 0 Å². The minimum atomic E-state index is 0.445. The lowest BCUT2D eigenvalue weighted by Crippen LogP contribution is -2.46. The quantitative estimate of drug-likeness (QED) is 0.756. The zero-order valence-corrected chi connectivity index (χ0v) is 12.9. The van der Waals surface area contributed by atoms with E-state index in [0.717, 1.165) is 6.54 Å². The van der Waals surface area contributed by atoms with E-state index in [-0.39, 0.29) is 0 Å². The standard InChI is InChI=1S/C14H30N2S/c1-5-6-14(4,11-15-13(2)3)12-16-7-9-17-10-8-16/h13,15H,5-12H2,1-4H3. The second kappa shape index (κ2) is 7.65. The lowest BCUT2D eigenvalue weighted by atomic mass is 9.84. The third kappa shape index (κ3) is 6.12. The maximum Gasteiger partial charge on any atom is 0.00729 e. The van der Waals surface area contributed by atoms with Gasteiger partial charge in [0.15, 0.2) is 0 Å². The largest absolute Gasteiger partial charge is 0.314 e. The molecule has 1 heterocycles. The van der Waals surface area contributed by atoms with Crippen LogP contribution in [0.1, 0.15) is 40.5 Å². The summed E-state index contributed by atoms with van der Waals surface area (Å²) >= 11 is 2.10. The normalized spacial score (nSPS) is 21.7. The third-order valence-electron chi connectivity index (χ3n) is 3.50. The van der Waals surface area contributed by atoms with Crippen LogP contribution < -0.4 is 5.32 Å². The molecule has 0 bridgehead atoms. The molecule has 0 radical (unpaired) electrons. The summed E-state index contributed by atoms with van der Waals surface area (Å²) in [6.45, 7) is 14.2. The molecule has 1 aliphatic rings. The maximum absolute atomic E-state index is 3.63. The zero-order valence-electron chi connectivity index (χ0n) is 12.1. The van der Waals surface area contributed by atoms with E-state index in [4.69, 9.17) is 0 Å². The van der Waals surface area contributed by atoms with Crippen LogP contribution in [0, 0.1) is 5.41 Å². The number of hydrogen-bond donors (Lipinski definition) is 1. The predicted molar refractivity (Wildman–Crippen MR) is 79.9 cm³/mol. The highest BCUT2D eigenvalue weighted by atomic mass is 32.2. The highest BCUT2D eigenvalue weighted by molar-refractivity contribution is 7.99. The van der Waals surface area contributed by atoms with E-state index in [1.165, 1.54) is 44.0 Å². The van der Waals surface area contributed by atoms with E-state index >= 15 is 0 Å². The molecule has 102 valence electrons. The lowest BCUT2D eigenvalue weighted by molar-refractivity contribution is 0.157. The Morgan fingerprint density at radius 2 is 1.94 bits per heavy atom. The molecule has 1 rings (SSSR count). The Balaban J connectivity index is 2.43. The molecule has 0 aromatic rings. The first kappa shape index (κ1) is 15.3. The van der Waals surface area contributed by atoms with Gasteiger partial charge < -0.3 is 10.2 Å². The first-order valence-electron chi connectivity index (χ1n) is 7.09. The van der Waals surface area contributed by atoms with Crippen molar-refractivity contribution in [1.29, 1.82) is 0 Å². The highest BCUT2D eigenvalue weighted by Crippen LogP contribution is 2.25. The molecule has 0 aromatic heterocycles. The van der Waals surface area contributed by atoms with Crippen molar-refractivity contribution in [2.45, 2.75) is 46.6 Å². The Morgan fingerprint density at radius 1 is 1.29 bits per heavy atom. The van der Waals surface area contributed by atoms with Gasteiger partial charge >= 0.3 is 0 Å². The van der Waals surface area contributed by atoms with E-state index in [9.17, 15) is 0 Å². The predicted octanol–water partition coefficient (Wildman–Crippen LogP) is 2.84. The van der Waals surface area contributed by atoms with Crippen molar-refractivity contribution < 1.29 is 0 Å². The molecule has 1 fully saturated rings.